The van der Waals surface area contributed by atoms with Gasteiger partial charge in [0.25, 0.3) is 0 Å². The molecule has 0 fully saturated rings. The van der Waals surface area contributed by atoms with Gasteiger partial charge in [-0.25, -0.2) is 0 Å². The Morgan fingerprint density at radius 3 is 0.875 bits per heavy atom. The van der Waals surface area contributed by atoms with Gasteiger partial charge in [0.2, 0.25) is 0 Å². The van der Waals surface area contributed by atoms with Gasteiger partial charge in [-0.3, -0.25) is 0 Å². The number of rotatable bonds is 27. The first kappa shape index (κ1) is 31.9. The first-order chi connectivity index (χ1) is 15.7. The Kier molecular flexibility index (Phi) is 27.1. The average molecular weight is 455 g/mol. The maximum Gasteiger partial charge on any atom is 0.0564 e. The molecule has 0 heterocycles. The molecule has 2 atom stereocenters. The predicted octanol–water partition coefficient (Wildman–Crippen LogP) is 9.89. The molecule has 32 heavy (non-hydrogen) atoms. The Hall–Kier alpha value is -0.0800. The Morgan fingerprint density at radius 2 is 0.562 bits per heavy atom. The van der Waals surface area contributed by atoms with Crippen LogP contribution < -0.4 is 0 Å². The van der Waals surface area contributed by atoms with Gasteiger partial charge >= 0.3 is 0 Å². The number of aliphatic hydroxyl groups excluding tert-OH is 2. The van der Waals surface area contributed by atoms with Crippen molar-refractivity contribution in [2.45, 2.75) is 193 Å². The third kappa shape index (κ3) is 26.2. The van der Waals surface area contributed by atoms with E-state index in [-0.39, 0.29) is 12.2 Å². The van der Waals surface area contributed by atoms with E-state index in [1.54, 1.807) is 0 Å². The SMILES string of the molecule is CCCCCCCCCCCCCCCCCCCCCC[C@H](O)C[C@H](O)CCCCC. The number of hydrogen-bond donors (Lipinski definition) is 2. The molecular formula is C30H62O2. The average Bonchev–Trinajstić information content (AvgIpc) is 2.78. The van der Waals surface area contributed by atoms with Crippen molar-refractivity contribution in [3.63, 3.8) is 0 Å². The van der Waals surface area contributed by atoms with Crippen LogP contribution in [-0.2, 0) is 0 Å². The molecule has 2 heteroatoms. The first-order valence-corrected chi connectivity index (χ1v) is 15.1. The quantitative estimate of drug-likeness (QED) is 0.121. The van der Waals surface area contributed by atoms with Crippen LogP contribution in [0, 0.1) is 0 Å². The smallest absolute Gasteiger partial charge is 0.0564 e. The fraction of sp³-hybridized carbons (Fsp3) is 1.00. The van der Waals surface area contributed by atoms with Crippen molar-refractivity contribution < 1.29 is 10.2 Å². The molecule has 0 saturated carbocycles. The van der Waals surface area contributed by atoms with E-state index in [0.717, 1.165) is 25.7 Å². The lowest BCUT2D eigenvalue weighted by Gasteiger charge is -2.15. The molecule has 0 aromatic rings. The van der Waals surface area contributed by atoms with Crippen LogP contribution in [0.5, 0.6) is 0 Å². The summed E-state index contributed by atoms with van der Waals surface area (Å²) in [5.74, 6) is 0. The second kappa shape index (κ2) is 27.2. The van der Waals surface area contributed by atoms with Crippen LogP contribution in [-0.4, -0.2) is 22.4 Å². The Morgan fingerprint density at radius 1 is 0.344 bits per heavy atom. The minimum atomic E-state index is -0.304. The molecule has 0 aromatic heterocycles. The molecule has 194 valence electrons. The molecular weight excluding hydrogens is 392 g/mol. The van der Waals surface area contributed by atoms with Gasteiger partial charge in [0.1, 0.15) is 0 Å². The minimum absolute atomic E-state index is 0.304. The standard InChI is InChI=1S/C30H62O2/c1-3-5-7-8-9-10-11-12-13-14-15-16-17-18-19-20-21-22-23-25-27-30(32)28-29(31)26-24-6-4-2/h29-32H,3-28H2,1-2H3/t29-,30+/m1/s1. The second-order valence-electron chi connectivity index (χ2n) is 10.5. The van der Waals surface area contributed by atoms with Crippen molar-refractivity contribution in [1.29, 1.82) is 0 Å². The highest BCUT2D eigenvalue weighted by molar-refractivity contribution is 4.64. The summed E-state index contributed by atoms with van der Waals surface area (Å²) in [6.45, 7) is 4.47. The van der Waals surface area contributed by atoms with Gasteiger partial charge in [-0.1, -0.05) is 162 Å². The van der Waals surface area contributed by atoms with E-state index in [4.69, 9.17) is 0 Å². The van der Waals surface area contributed by atoms with Gasteiger partial charge in [-0.15, -0.1) is 0 Å². The van der Waals surface area contributed by atoms with Crippen molar-refractivity contribution in [3.05, 3.63) is 0 Å². The molecule has 0 saturated heterocycles. The van der Waals surface area contributed by atoms with E-state index in [9.17, 15) is 10.2 Å². The summed E-state index contributed by atoms with van der Waals surface area (Å²) < 4.78 is 0. The zero-order valence-electron chi connectivity index (χ0n) is 22.4. The Labute approximate surface area is 203 Å². The van der Waals surface area contributed by atoms with Crippen molar-refractivity contribution >= 4 is 0 Å². The van der Waals surface area contributed by atoms with Gasteiger partial charge in [-0.05, 0) is 19.3 Å². The van der Waals surface area contributed by atoms with E-state index >= 15 is 0 Å². The number of aliphatic hydroxyl groups is 2. The van der Waals surface area contributed by atoms with E-state index in [0.29, 0.717) is 6.42 Å². The van der Waals surface area contributed by atoms with Crippen LogP contribution in [0.15, 0.2) is 0 Å². The van der Waals surface area contributed by atoms with Crippen molar-refractivity contribution in [3.8, 4) is 0 Å². The highest BCUT2D eigenvalue weighted by atomic mass is 16.3. The van der Waals surface area contributed by atoms with Crippen LogP contribution in [0.1, 0.15) is 181 Å². The van der Waals surface area contributed by atoms with Gasteiger partial charge in [0.05, 0.1) is 12.2 Å². The number of hydrogen-bond acceptors (Lipinski definition) is 2. The molecule has 0 bridgehead atoms. The molecule has 2 nitrogen and oxygen atoms in total. The van der Waals surface area contributed by atoms with Crippen molar-refractivity contribution in [2.24, 2.45) is 0 Å². The molecule has 0 unspecified atom stereocenters. The van der Waals surface area contributed by atoms with Gasteiger partial charge in [0.15, 0.2) is 0 Å². The summed E-state index contributed by atoms with van der Waals surface area (Å²) in [5, 5.41) is 20.0. The molecule has 0 radical (unpaired) electrons. The summed E-state index contributed by atoms with van der Waals surface area (Å²) in [6.07, 6.45) is 33.2. The van der Waals surface area contributed by atoms with Crippen LogP contribution >= 0.6 is 0 Å². The number of unbranched alkanes of at least 4 members (excludes halogenated alkanes) is 21. The van der Waals surface area contributed by atoms with E-state index in [2.05, 4.69) is 13.8 Å². The molecule has 0 aliphatic rings. The third-order valence-corrected chi connectivity index (χ3v) is 7.08. The van der Waals surface area contributed by atoms with Crippen LogP contribution in [0.3, 0.4) is 0 Å². The zero-order valence-corrected chi connectivity index (χ0v) is 22.4. The highest BCUT2D eigenvalue weighted by Crippen LogP contribution is 2.16. The fourth-order valence-corrected chi connectivity index (χ4v) is 4.81. The van der Waals surface area contributed by atoms with Crippen LogP contribution in [0.25, 0.3) is 0 Å². The molecule has 0 amide bonds. The maximum absolute atomic E-state index is 10.1. The normalized spacial score (nSPS) is 13.5. The fourth-order valence-electron chi connectivity index (χ4n) is 4.81. The topological polar surface area (TPSA) is 40.5 Å². The van der Waals surface area contributed by atoms with E-state index in [1.807, 2.05) is 0 Å². The monoisotopic (exact) mass is 454 g/mol. The maximum atomic E-state index is 10.1. The predicted molar refractivity (Wildman–Crippen MR) is 143 cm³/mol. The van der Waals surface area contributed by atoms with E-state index < -0.39 is 0 Å². The third-order valence-electron chi connectivity index (χ3n) is 7.08. The van der Waals surface area contributed by atoms with Crippen molar-refractivity contribution in [2.75, 3.05) is 0 Å². The lowest BCUT2D eigenvalue weighted by atomic mass is 10.00. The molecule has 0 aromatic carbocycles. The minimum Gasteiger partial charge on any atom is -0.393 e. The van der Waals surface area contributed by atoms with Crippen LogP contribution in [0.4, 0.5) is 0 Å². The Balaban J connectivity index is 3.16. The first-order valence-electron chi connectivity index (χ1n) is 15.1. The summed E-state index contributed by atoms with van der Waals surface area (Å²) in [7, 11) is 0. The summed E-state index contributed by atoms with van der Waals surface area (Å²) in [6, 6.07) is 0. The highest BCUT2D eigenvalue weighted by Gasteiger charge is 2.11. The van der Waals surface area contributed by atoms with Crippen molar-refractivity contribution in [1.82, 2.24) is 0 Å². The molecule has 0 aliphatic heterocycles. The molecule has 0 rings (SSSR count). The zero-order chi connectivity index (χ0) is 23.5. The van der Waals surface area contributed by atoms with E-state index in [1.165, 1.54) is 135 Å². The lowest BCUT2D eigenvalue weighted by molar-refractivity contribution is 0.0681. The van der Waals surface area contributed by atoms with Crippen LogP contribution in [0.2, 0.25) is 0 Å². The molecule has 2 N–H and O–H groups in total. The van der Waals surface area contributed by atoms with Gasteiger partial charge < -0.3 is 10.2 Å². The van der Waals surface area contributed by atoms with Gasteiger partial charge in [0, 0.05) is 0 Å². The summed E-state index contributed by atoms with van der Waals surface area (Å²) in [5.41, 5.74) is 0. The summed E-state index contributed by atoms with van der Waals surface area (Å²) in [4.78, 5) is 0. The Bertz CT molecular complexity index is 331. The second-order valence-corrected chi connectivity index (χ2v) is 10.5. The molecule has 0 aliphatic carbocycles. The van der Waals surface area contributed by atoms with Gasteiger partial charge in [-0.2, -0.15) is 0 Å². The molecule has 0 spiro atoms. The lowest BCUT2D eigenvalue weighted by Crippen LogP contribution is -2.17. The largest absolute Gasteiger partial charge is 0.393 e. The summed E-state index contributed by atoms with van der Waals surface area (Å²) >= 11 is 0.